The number of piperidine rings is 1. The van der Waals surface area contributed by atoms with Crippen molar-refractivity contribution in [3.8, 4) is 0 Å². The highest BCUT2D eigenvalue weighted by atomic mass is 32.1. The first-order chi connectivity index (χ1) is 8.69. The Kier molecular flexibility index (Phi) is 4.97. The van der Waals surface area contributed by atoms with Crippen molar-refractivity contribution in [1.82, 2.24) is 14.8 Å². The van der Waals surface area contributed by atoms with E-state index < -0.39 is 0 Å². The lowest BCUT2D eigenvalue weighted by molar-refractivity contribution is 0.141. The van der Waals surface area contributed by atoms with Crippen molar-refractivity contribution < 1.29 is 0 Å². The quantitative estimate of drug-likeness (QED) is 0.886. The van der Waals surface area contributed by atoms with E-state index in [1.165, 1.54) is 30.8 Å². The molecule has 1 aromatic heterocycles. The average molecular weight is 268 g/mol. The molecule has 1 N–H and O–H groups in total. The topological polar surface area (TPSA) is 31.4 Å². The predicted octanol–water partition coefficient (Wildman–Crippen LogP) is 2.10. The number of rotatable bonds is 5. The summed E-state index contributed by atoms with van der Waals surface area (Å²) in [5, 5.41) is 4.32. The van der Waals surface area contributed by atoms with Gasteiger partial charge in [-0.05, 0) is 33.9 Å². The summed E-state index contributed by atoms with van der Waals surface area (Å²) in [5.41, 5.74) is 0. The van der Waals surface area contributed by atoms with Gasteiger partial charge < -0.3 is 10.2 Å². The minimum absolute atomic E-state index is 0.764. The number of nitrogens with zero attached hydrogens (tertiary/aromatic N) is 3. The van der Waals surface area contributed by atoms with Gasteiger partial charge in [-0.3, -0.25) is 4.90 Å². The molecule has 1 fully saturated rings. The van der Waals surface area contributed by atoms with Crippen molar-refractivity contribution in [3.05, 3.63) is 11.1 Å². The molecule has 0 saturated carbocycles. The van der Waals surface area contributed by atoms with Gasteiger partial charge in [0.15, 0.2) is 5.13 Å². The molecule has 0 unspecified atom stereocenters. The number of anilines is 1. The Balaban J connectivity index is 1.80. The molecule has 2 heterocycles. The summed E-state index contributed by atoms with van der Waals surface area (Å²) in [5.74, 6) is 0. The molecule has 0 spiro atoms. The fourth-order valence-electron chi connectivity index (χ4n) is 2.43. The highest BCUT2D eigenvalue weighted by Crippen LogP contribution is 2.22. The van der Waals surface area contributed by atoms with Crippen LogP contribution in [0.3, 0.4) is 0 Å². The van der Waals surface area contributed by atoms with Gasteiger partial charge in [0.1, 0.15) is 0 Å². The van der Waals surface area contributed by atoms with Crippen LogP contribution in [0.1, 0.15) is 24.6 Å². The van der Waals surface area contributed by atoms with Crippen LogP contribution >= 0.6 is 11.3 Å². The zero-order valence-corrected chi connectivity index (χ0v) is 12.5. The highest BCUT2D eigenvalue weighted by molar-refractivity contribution is 7.15. The van der Waals surface area contributed by atoms with E-state index in [0.29, 0.717) is 0 Å². The van der Waals surface area contributed by atoms with Crippen LogP contribution in [-0.2, 0) is 6.54 Å². The third-order valence-electron chi connectivity index (χ3n) is 3.55. The maximum atomic E-state index is 4.39. The first-order valence-corrected chi connectivity index (χ1v) is 7.58. The van der Waals surface area contributed by atoms with Crippen LogP contribution in [0, 0.1) is 0 Å². The SMILES string of the molecule is CCNc1ncc(CN2CCC(N(C)C)CC2)s1. The average Bonchev–Trinajstić information content (AvgIpc) is 2.78. The summed E-state index contributed by atoms with van der Waals surface area (Å²) in [7, 11) is 4.37. The summed E-state index contributed by atoms with van der Waals surface area (Å²) in [4.78, 5) is 10.7. The second-order valence-corrected chi connectivity index (χ2v) is 6.25. The minimum Gasteiger partial charge on any atom is -0.362 e. The summed E-state index contributed by atoms with van der Waals surface area (Å²) >= 11 is 1.78. The van der Waals surface area contributed by atoms with Gasteiger partial charge in [0.25, 0.3) is 0 Å². The van der Waals surface area contributed by atoms with E-state index in [2.05, 4.69) is 41.1 Å². The molecule has 18 heavy (non-hydrogen) atoms. The fraction of sp³-hybridized carbons (Fsp3) is 0.769. The lowest BCUT2D eigenvalue weighted by Crippen LogP contribution is -2.41. The molecular weight excluding hydrogens is 244 g/mol. The molecule has 0 radical (unpaired) electrons. The van der Waals surface area contributed by atoms with Crippen LogP contribution < -0.4 is 5.32 Å². The molecule has 1 aliphatic heterocycles. The summed E-state index contributed by atoms with van der Waals surface area (Å²) < 4.78 is 0. The van der Waals surface area contributed by atoms with E-state index in [-0.39, 0.29) is 0 Å². The van der Waals surface area contributed by atoms with Gasteiger partial charge in [-0.15, -0.1) is 11.3 Å². The van der Waals surface area contributed by atoms with Gasteiger partial charge in [-0.2, -0.15) is 0 Å². The van der Waals surface area contributed by atoms with E-state index in [1.54, 1.807) is 11.3 Å². The molecular formula is C13H24N4S. The number of hydrogen-bond donors (Lipinski definition) is 1. The van der Waals surface area contributed by atoms with Crippen LogP contribution in [-0.4, -0.2) is 54.6 Å². The summed E-state index contributed by atoms with van der Waals surface area (Å²) in [6.45, 7) is 6.52. The zero-order valence-electron chi connectivity index (χ0n) is 11.6. The predicted molar refractivity (Wildman–Crippen MR) is 78.3 cm³/mol. The molecule has 4 nitrogen and oxygen atoms in total. The first-order valence-electron chi connectivity index (χ1n) is 6.76. The van der Waals surface area contributed by atoms with Gasteiger partial charge in [0.2, 0.25) is 0 Å². The lowest BCUT2D eigenvalue weighted by Gasteiger charge is -2.34. The van der Waals surface area contributed by atoms with E-state index in [0.717, 1.165) is 24.3 Å². The van der Waals surface area contributed by atoms with Crippen LogP contribution in [0.5, 0.6) is 0 Å². The Labute approximate surface area is 114 Å². The molecule has 0 bridgehead atoms. The molecule has 1 aromatic rings. The second kappa shape index (κ2) is 6.50. The Morgan fingerprint density at radius 2 is 2.17 bits per heavy atom. The normalized spacial score (nSPS) is 18.4. The van der Waals surface area contributed by atoms with Crippen molar-refractivity contribution in [2.45, 2.75) is 32.4 Å². The lowest BCUT2D eigenvalue weighted by atomic mass is 10.0. The van der Waals surface area contributed by atoms with Crippen LogP contribution in [0.15, 0.2) is 6.20 Å². The fourth-order valence-corrected chi connectivity index (χ4v) is 3.35. The third-order valence-corrected chi connectivity index (χ3v) is 4.49. The van der Waals surface area contributed by atoms with Crippen molar-refractivity contribution in [3.63, 3.8) is 0 Å². The molecule has 0 atom stereocenters. The maximum absolute atomic E-state index is 4.39. The molecule has 0 aromatic carbocycles. The number of aromatic nitrogens is 1. The van der Waals surface area contributed by atoms with E-state index in [9.17, 15) is 0 Å². The zero-order chi connectivity index (χ0) is 13.0. The third kappa shape index (κ3) is 3.67. The monoisotopic (exact) mass is 268 g/mol. The Hall–Kier alpha value is -0.650. The Bertz CT molecular complexity index is 356. The van der Waals surface area contributed by atoms with E-state index in [1.807, 2.05) is 6.20 Å². The number of nitrogens with one attached hydrogen (secondary N) is 1. The van der Waals surface area contributed by atoms with E-state index in [4.69, 9.17) is 0 Å². The van der Waals surface area contributed by atoms with Crippen molar-refractivity contribution in [1.29, 1.82) is 0 Å². The van der Waals surface area contributed by atoms with Crippen LogP contribution in [0.4, 0.5) is 5.13 Å². The minimum atomic E-state index is 0.764. The van der Waals surface area contributed by atoms with Crippen molar-refractivity contribution >= 4 is 16.5 Å². The largest absolute Gasteiger partial charge is 0.362 e. The molecule has 1 aliphatic rings. The molecule has 1 saturated heterocycles. The molecule has 0 aliphatic carbocycles. The van der Waals surface area contributed by atoms with Gasteiger partial charge in [-0.1, -0.05) is 0 Å². The van der Waals surface area contributed by atoms with Crippen LogP contribution in [0.25, 0.3) is 0 Å². The smallest absolute Gasteiger partial charge is 0.182 e. The van der Waals surface area contributed by atoms with Gasteiger partial charge in [-0.25, -0.2) is 4.98 Å². The summed E-state index contributed by atoms with van der Waals surface area (Å²) in [6.07, 6.45) is 4.58. The Morgan fingerprint density at radius 1 is 1.44 bits per heavy atom. The van der Waals surface area contributed by atoms with Gasteiger partial charge >= 0.3 is 0 Å². The number of thiazole rings is 1. The number of likely N-dealkylation sites (tertiary alicyclic amines) is 1. The highest BCUT2D eigenvalue weighted by Gasteiger charge is 2.20. The Morgan fingerprint density at radius 3 is 2.78 bits per heavy atom. The number of hydrogen-bond acceptors (Lipinski definition) is 5. The van der Waals surface area contributed by atoms with E-state index >= 15 is 0 Å². The standard InChI is InChI=1S/C13H24N4S/c1-4-14-13-15-9-12(18-13)10-17-7-5-11(6-8-17)16(2)3/h9,11H,4-8,10H2,1-3H3,(H,14,15). The second-order valence-electron chi connectivity index (χ2n) is 5.13. The van der Waals surface area contributed by atoms with Gasteiger partial charge in [0.05, 0.1) is 0 Å². The van der Waals surface area contributed by atoms with Crippen molar-refractivity contribution in [2.24, 2.45) is 0 Å². The van der Waals surface area contributed by atoms with Gasteiger partial charge in [0, 0.05) is 43.3 Å². The molecule has 2 rings (SSSR count). The van der Waals surface area contributed by atoms with Crippen LogP contribution in [0.2, 0.25) is 0 Å². The maximum Gasteiger partial charge on any atom is 0.182 e. The first kappa shape index (κ1) is 13.8. The molecule has 5 heteroatoms. The molecule has 102 valence electrons. The summed E-state index contributed by atoms with van der Waals surface area (Å²) in [6, 6.07) is 0.764. The van der Waals surface area contributed by atoms with Crippen molar-refractivity contribution in [2.75, 3.05) is 39.0 Å². The molecule has 0 amide bonds.